The highest BCUT2D eigenvalue weighted by Gasteiger charge is 2.33. The van der Waals surface area contributed by atoms with E-state index in [1.807, 2.05) is 24.3 Å². The van der Waals surface area contributed by atoms with Gasteiger partial charge in [-0.15, -0.1) is 0 Å². The first kappa shape index (κ1) is 15.3. The molecule has 110 valence electrons. The first-order valence-electron chi connectivity index (χ1n) is 6.38. The Morgan fingerprint density at radius 1 is 1.14 bits per heavy atom. The van der Waals surface area contributed by atoms with Gasteiger partial charge in [0.1, 0.15) is 5.75 Å². The molecule has 2 aromatic carbocycles. The van der Waals surface area contributed by atoms with Crippen LogP contribution in [-0.2, 0) is 4.79 Å². The number of halogens is 1. The van der Waals surface area contributed by atoms with Crippen LogP contribution in [0.5, 0.6) is 5.75 Å². The number of thiocarbonyl (C=S) groups is 1. The maximum atomic E-state index is 12.6. The molecule has 1 aliphatic heterocycles. The predicted octanol–water partition coefficient (Wildman–Crippen LogP) is 4.56. The van der Waals surface area contributed by atoms with Crippen LogP contribution >= 0.6 is 39.9 Å². The van der Waals surface area contributed by atoms with E-state index in [1.54, 1.807) is 30.3 Å². The molecule has 1 fully saturated rings. The Kier molecular flexibility index (Phi) is 4.33. The molecule has 2 aromatic rings. The monoisotopic (exact) mass is 391 g/mol. The minimum atomic E-state index is -0.180. The second kappa shape index (κ2) is 6.24. The van der Waals surface area contributed by atoms with Crippen molar-refractivity contribution in [1.82, 2.24) is 0 Å². The fraction of sp³-hybridized carbons (Fsp3) is 0. The summed E-state index contributed by atoms with van der Waals surface area (Å²) >= 11 is 9.91. The van der Waals surface area contributed by atoms with Gasteiger partial charge in [-0.3, -0.25) is 9.69 Å². The number of amides is 1. The van der Waals surface area contributed by atoms with Crippen LogP contribution in [0.2, 0.25) is 0 Å². The summed E-state index contributed by atoms with van der Waals surface area (Å²) in [5, 5.41) is 9.82. The Bertz CT molecular complexity index is 787. The van der Waals surface area contributed by atoms with Gasteiger partial charge in [-0.2, -0.15) is 0 Å². The predicted molar refractivity (Wildman–Crippen MR) is 97.9 cm³/mol. The Morgan fingerprint density at radius 2 is 1.82 bits per heavy atom. The number of aromatic hydroxyl groups is 1. The molecule has 1 heterocycles. The van der Waals surface area contributed by atoms with Gasteiger partial charge in [-0.1, -0.05) is 58.1 Å². The third-order valence-electron chi connectivity index (χ3n) is 3.10. The van der Waals surface area contributed by atoms with Gasteiger partial charge in [0.15, 0.2) is 4.32 Å². The van der Waals surface area contributed by atoms with E-state index in [-0.39, 0.29) is 11.7 Å². The highest BCUT2D eigenvalue weighted by Crippen LogP contribution is 2.37. The second-order valence-electron chi connectivity index (χ2n) is 4.55. The van der Waals surface area contributed by atoms with Crippen molar-refractivity contribution in [2.75, 3.05) is 4.90 Å². The standard InChI is InChI=1S/C16H10BrNO2S2/c17-11-5-7-12(8-6-11)18-15(20)14(22-16(18)21)9-10-3-1-2-4-13(10)19/h1-9,19H/b14-9-. The lowest BCUT2D eigenvalue weighted by Gasteiger charge is -2.14. The van der Waals surface area contributed by atoms with Crippen LogP contribution in [0.25, 0.3) is 6.08 Å². The second-order valence-corrected chi connectivity index (χ2v) is 7.14. The van der Waals surface area contributed by atoms with Crippen LogP contribution in [0.15, 0.2) is 57.9 Å². The van der Waals surface area contributed by atoms with Gasteiger partial charge in [0.25, 0.3) is 5.91 Å². The van der Waals surface area contributed by atoms with Crippen LogP contribution in [0, 0.1) is 0 Å². The Morgan fingerprint density at radius 3 is 2.50 bits per heavy atom. The number of carbonyl (C=O) groups excluding carboxylic acids is 1. The first-order chi connectivity index (χ1) is 10.6. The Hall–Kier alpha value is -1.63. The fourth-order valence-electron chi connectivity index (χ4n) is 2.03. The summed E-state index contributed by atoms with van der Waals surface area (Å²) in [6.07, 6.45) is 1.66. The lowest BCUT2D eigenvalue weighted by Crippen LogP contribution is -2.27. The molecule has 0 radical (unpaired) electrons. The molecular formula is C16H10BrNO2S2. The Balaban J connectivity index is 1.95. The van der Waals surface area contributed by atoms with Crippen molar-refractivity contribution in [3.63, 3.8) is 0 Å². The van der Waals surface area contributed by atoms with Gasteiger partial charge in [0.05, 0.1) is 10.6 Å². The van der Waals surface area contributed by atoms with Crippen molar-refractivity contribution in [3.8, 4) is 5.75 Å². The zero-order valence-electron chi connectivity index (χ0n) is 11.2. The summed E-state index contributed by atoms with van der Waals surface area (Å²) in [6.45, 7) is 0. The number of carbonyl (C=O) groups is 1. The normalized spacial score (nSPS) is 16.6. The molecule has 0 saturated carbocycles. The van der Waals surface area contributed by atoms with E-state index in [0.717, 1.165) is 10.2 Å². The van der Waals surface area contributed by atoms with Gasteiger partial charge >= 0.3 is 0 Å². The van der Waals surface area contributed by atoms with E-state index in [0.29, 0.717) is 14.8 Å². The number of thioether (sulfide) groups is 1. The maximum Gasteiger partial charge on any atom is 0.270 e. The largest absolute Gasteiger partial charge is 0.507 e. The molecule has 1 aliphatic rings. The molecule has 0 unspecified atom stereocenters. The quantitative estimate of drug-likeness (QED) is 0.601. The third-order valence-corrected chi connectivity index (χ3v) is 4.93. The number of hydrogen-bond donors (Lipinski definition) is 1. The molecule has 6 heteroatoms. The molecule has 3 nitrogen and oxygen atoms in total. The lowest BCUT2D eigenvalue weighted by atomic mass is 10.2. The molecule has 3 rings (SSSR count). The van der Waals surface area contributed by atoms with Crippen LogP contribution in [0.4, 0.5) is 5.69 Å². The number of anilines is 1. The van der Waals surface area contributed by atoms with Gasteiger partial charge in [0.2, 0.25) is 0 Å². The number of hydrogen-bond acceptors (Lipinski definition) is 4. The van der Waals surface area contributed by atoms with Crippen LogP contribution in [-0.4, -0.2) is 15.3 Å². The molecule has 1 amide bonds. The first-order valence-corrected chi connectivity index (χ1v) is 8.39. The average molecular weight is 392 g/mol. The van der Waals surface area contributed by atoms with Crippen molar-refractivity contribution in [1.29, 1.82) is 0 Å². The number of para-hydroxylation sites is 1. The minimum Gasteiger partial charge on any atom is -0.507 e. The minimum absolute atomic E-state index is 0.136. The van der Waals surface area contributed by atoms with Crippen LogP contribution in [0.3, 0.4) is 0 Å². The van der Waals surface area contributed by atoms with E-state index < -0.39 is 0 Å². The van der Waals surface area contributed by atoms with Gasteiger partial charge in [-0.05, 0) is 36.4 Å². The molecule has 0 aliphatic carbocycles. The van der Waals surface area contributed by atoms with E-state index in [2.05, 4.69) is 15.9 Å². The smallest absolute Gasteiger partial charge is 0.270 e. The summed E-state index contributed by atoms with van der Waals surface area (Å²) in [5.74, 6) is -0.0445. The molecular weight excluding hydrogens is 382 g/mol. The van der Waals surface area contributed by atoms with E-state index in [4.69, 9.17) is 12.2 Å². The molecule has 22 heavy (non-hydrogen) atoms. The summed E-state index contributed by atoms with van der Waals surface area (Å²) in [4.78, 5) is 14.6. The summed E-state index contributed by atoms with van der Waals surface area (Å²) < 4.78 is 1.42. The third kappa shape index (κ3) is 2.95. The van der Waals surface area contributed by atoms with Crippen molar-refractivity contribution in [3.05, 3.63) is 63.5 Å². The topological polar surface area (TPSA) is 40.5 Å². The molecule has 0 bridgehead atoms. The zero-order chi connectivity index (χ0) is 15.7. The van der Waals surface area contributed by atoms with Crippen LogP contribution in [0.1, 0.15) is 5.56 Å². The number of rotatable bonds is 2. The highest BCUT2D eigenvalue weighted by atomic mass is 79.9. The maximum absolute atomic E-state index is 12.6. The highest BCUT2D eigenvalue weighted by molar-refractivity contribution is 9.10. The number of phenolic OH excluding ortho intramolecular Hbond substituents is 1. The van der Waals surface area contributed by atoms with E-state index >= 15 is 0 Å². The molecule has 0 aromatic heterocycles. The molecule has 1 N–H and O–H groups in total. The summed E-state index contributed by atoms with van der Waals surface area (Å²) in [5.41, 5.74) is 1.32. The fourth-order valence-corrected chi connectivity index (χ4v) is 3.59. The van der Waals surface area contributed by atoms with Gasteiger partial charge in [-0.25, -0.2) is 0 Å². The van der Waals surface area contributed by atoms with Crippen molar-refractivity contribution in [2.45, 2.75) is 0 Å². The van der Waals surface area contributed by atoms with Crippen molar-refractivity contribution >= 4 is 61.9 Å². The van der Waals surface area contributed by atoms with Crippen molar-refractivity contribution in [2.24, 2.45) is 0 Å². The summed E-state index contributed by atoms with van der Waals surface area (Å²) in [7, 11) is 0. The van der Waals surface area contributed by atoms with Crippen molar-refractivity contribution < 1.29 is 9.90 Å². The van der Waals surface area contributed by atoms with Gasteiger partial charge < -0.3 is 5.11 Å². The average Bonchev–Trinajstić information content (AvgIpc) is 2.77. The Labute approximate surface area is 145 Å². The van der Waals surface area contributed by atoms with Crippen LogP contribution < -0.4 is 4.90 Å². The van der Waals surface area contributed by atoms with E-state index in [9.17, 15) is 9.90 Å². The molecule has 0 atom stereocenters. The lowest BCUT2D eigenvalue weighted by molar-refractivity contribution is -0.113. The SMILES string of the molecule is O=C1/C(=C/c2ccccc2O)SC(=S)N1c1ccc(Br)cc1. The zero-order valence-corrected chi connectivity index (χ0v) is 14.4. The number of nitrogens with zero attached hydrogens (tertiary/aromatic N) is 1. The van der Waals surface area contributed by atoms with Gasteiger partial charge in [0, 0.05) is 10.0 Å². The molecule has 0 spiro atoms. The summed E-state index contributed by atoms with van der Waals surface area (Å²) in [6, 6.07) is 14.3. The number of phenols is 1. The number of benzene rings is 2. The van der Waals surface area contributed by atoms with E-state index in [1.165, 1.54) is 16.7 Å². The molecule has 1 saturated heterocycles.